The summed E-state index contributed by atoms with van der Waals surface area (Å²) in [5, 5.41) is 26.0. The average molecular weight is 563 g/mol. The number of sulfone groups is 2. The highest BCUT2D eigenvalue weighted by Crippen LogP contribution is 2.37. The first kappa shape index (κ1) is 30.4. The minimum absolute atomic E-state index is 0.0191. The molecule has 14 heteroatoms. The zero-order chi connectivity index (χ0) is 28.3. The second kappa shape index (κ2) is 13.7. The van der Waals surface area contributed by atoms with Crippen molar-refractivity contribution in [1.82, 2.24) is 4.98 Å². The second-order valence-corrected chi connectivity index (χ2v) is 11.7. The van der Waals surface area contributed by atoms with Gasteiger partial charge in [0.2, 0.25) is 0 Å². The lowest BCUT2D eigenvalue weighted by atomic mass is 10.1. The molecule has 2 rings (SSSR count). The van der Waals surface area contributed by atoms with Crippen LogP contribution in [0, 0.1) is 18.3 Å². The average Bonchev–Trinajstić information content (AvgIpc) is 2.90. The van der Waals surface area contributed by atoms with E-state index in [4.69, 9.17) is 9.47 Å². The maximum absolute atomic E-state index is 12.2. The Morgan fingerprint density at radius 1 is 1.08 bits per heavy atom. The molecule has 0 saturated heterocycles. The first-order valence-electron chi connectivity index (χ1n) is 11.3. The Morgan fingerprint density at radius 3 is 2.39 bits per heavy atom. The van der Waals surface area contributed by atoms with E-state index in [1.54, 1.807) is 14.0 Å². The van der Waals surface area contributed by atoms with Crippen molar-refractivity contribution in [3.63, 3.8) is 0 Å². The normalized spacial score (nSPS) is 11.6. The van der Waals surface area contributed by atoms with Crippen molar-refractivity contribution < 1.29 is 26.3 Å². The van der Waals surface area contributed by atoms with Crippen LogP contribution < -0.4 is 15.4 Å². The van der Waals surface area contributed by atoms with Crippen LogP contribution in [0.4, 0.5) is 23.0 Å². The lowest BCUT2D eigenvalue weighted by Gasteiger charge is -2.15. The van der Waals surface area contributed by atoms with Gasteiger partial charge in [0.05, 0.1) is 23.3 Å². The Labute approximate surface area is 222 Å². The largest absolute Gasteiger partial charge is 0.494 e. The molecule has 0 unspecified atom stereocenters. The highest BCUT2D eigenvalue weighted by atomic mass is 32.2. The van der Waals surface area contributed by atoms with Crippen LogP contribution in [-0.2, 0) is 24.4 Å². The molecule has 2 N–H and O–H groups in total. The number of anilines is 2. The van der Waals surface area contributed by atoms with Crippen molar-refractivity contribution in [1.29, 1.82) is 5.26 Å². The van der Waals surface area contributed by atoms with Crippen LogP contribution in [0.25, 0.3) is 0 Å². The smallest absolute Gasteiger partial charge is 0.199 e. The molecule has 38 heavy (non-hydrogen) atoms. The number of azo groups is 1. The van der Waals surface area contributed by atoms with E-state index < -0.39 is 19.7 Å². The van der Waals surface area contributed by atoms with Crippen LogP contribution in [0.15, 0.2) is 57.3 Å². The first-order chi connectivity index (χ1) is 18.0. The van der Waals surface area contributed by atoms with Crippen LogP contribution in [0.1, 0.15) is 17.5 Å². The molecular formula is C24H30N6O6S2. The van der Waals surface area contributed by atoms with Gasteiger partial charge in [-0.1, -0.05) is 13.2 Å². The molecule has 0 bridgehead atoms. The molecule has 1 heterocycles. The lowest BCUT2D eigenvalue weighted by molar-refractivity contribution is 0.198. The molecule has 12 nitrogen and oxygen atoms in total. The van der Waals surface area contributed by atoms with E-state index in [0.29, 0.717) is 25.1 Å². The fourth-order valence-electron chi connectivity index (χ4n) is 3.15. The van der Waals surface area contributed by atoms with E-state index in [1.165, 1.54) is 25.3 Å². The quantitative estimate of drug-likeness (QED) is 0.238. The SMILES string of the molecule is C=CS(=O)(=O)CCNc1nc(NCCCOC)c(C#N)c(C)c1/N=N/c1cc(S(=O)(=O)C=C)ccc1OC. The summed E-state index contributed by atoms with van der Waals surface area (Å²) < 4.78 is 58.6. The van der Waals surface area contributed by atoms with Crippen molar-refractivity contribution >= 4 is 42.7 Å². The number of benzene rings is 1. The lowest BCUT2D eigenvalue weighted by Crippen LogP contribution is -2.16. The van der Waals surface area contributed by atoms with Gasteiger partial charge < -0.3 is 20.1 Å². The molecule has 0 aliphatic carbocycles. The summed E-state index contributed by atoms with van der Waals surface area (Å²) in [4.78, 5) is 4.41. The zero-order valence-electron chi connectivity index (χ0n) is 21.4. The fourth-order valence-corrected chi connectivity index (χ4v) is 4.43. The van der Waals surface area contributed by atoms with Gasteiger partial charge in [0.1, 0.15) is 29.0 Å². The molecule has 0 aliphatic heterocycles. The third kappa shape index (κ3) is 7.85. The van der Waals surface area contributed by atoms with E-state index in [1.807, 2.05) is 0 Å². The Bertz CT molecular complexity index is 1460. The van der Waals surface area contributed by atoms with Crippen LogP contribution in [0.2, 0.25) is 0 Å². The molecule has 204 valence electrons. The van der Waals surface area contributed by atoms with Gasteiger partial charge in [0.15, 0.2) is 25.5 Å². The molecule has 0 saturated carbocycles. The Hall–Kier alpha value is -3.80. The Kier molecular flexibility index (Phi) is 10.9. The van der Waals surface area contributed by atoms with Crippen molar-refractivity contribution in [2.24, 2.45) is 10.2 Å². The van der Waals surface area contributed by atoms with E-state index >= 15 is 0 Å². The summed E-state index contributed by atoms with van der Waals surface area (Å²) in [5.74, 6) is 0.462. The Morgan fingerprint density at radius 2 is 1.79 bits per heavy atom. The van der Waals surface area contributed by atoms with Crippen LogP contribution in [-0.4, -0.2) is 61.5 Å². The monoisotopic (exact) mass is 562 g/mol. The number of methoxy groups -OCH3 is 2. The van der Waals surface area contributed by atoms with Gasteiger partial charge in [-0.05, 0) is 31.5 Å². The number of hydrogen-bond acceptors (Lipinski definition) is 12. The number of nitriles is 1. The van der Waals surface area contributed by atoms with E-state index in [-0.39, 0.29) is 51.5 Å². The minimum atomic E-state index is -3.75. The number of nitrogens with zero attached hydrogens (tertiary/aromatic N) is 4. The third-order valence-corrected chi connectivity index (χ3v) is 7.86. The van der Waals surface area contributed by atoms with Gasteiger partial charge in [-0.25, -0.2) is 21.8 Å². The number of pyridine rings is 1. The topological polar surface area (TPSA) is 172 Å². The Balaban J connectivity index is 2.60. The molecule has 0 radical (unpaired) electrons. The van der Waals surface area contributed by atoms with Gasteiger partial charge in [-0.3, -0.25) is 0 Å². The van der Waals surface area contributed by atoms with Crippen molar-refractivity contribution in [3.8, 4) is 11.8 Å². The molecule has 1 aromatic carbocycles. The molecule has 0 amide bonds. The molecule has 1 aromatic heterocycles. The molecule has 0 spiro atoms. The van der Waals surface area contributed by atoms with Crippen LogP contribution >= 0.6 is 0 Å². The molecular weight excluding hydrogens is 532 g/mol. The summed E-state index contributed by atoms with van der Waals surface area (Å²) >= 11 is 0. The maximum atomic E-state index is 12.2. The summed E-state index contributed by atoms with van der Waals surface area (Å²) in [6.45, 7) is 9.24. The van der Waals surface area contributed by atoms with Gasteiger partial charge in [0.25, 0.3) is 0 Å². The predicted octanol–water partition coefficient (Wildman–Crippen LogP) is 4.02. The minimum Gasteiger partial charge on any atom is -0.494 e. The summed E-state index contributed by atoms with van der Waals surface area (Å²) in [6, 6.07) is 6.18. The predicted molar refractivity (Wildman–Crippen MR) is 146 cm³/mol. The number of nitrogens with one attached hydrogen (secondary N) is 2. The molecule has 0 atom stereocenters. The second-order valence-electron chi connectivity index (χ2n) is 7.75. The standard InChI is InChI=1S/C24H30N6O6S2/c1-6-37(31,32)14-12-27-24-22(17(3)19(16-25)23(28-24)26-11-8-13-35-4)30-29-20-15-18(38(33,34)7-2)9-10-21(20)36-5/h6-7,9-10,15H,1-2,8,11-14H2,3-5H3,(H2,26,27,28)/b30-29+. The summed E-state index contributed by atoms with van der Waals surface area (Å²) in [7, 11) is -4.25. The van der Waals surface area contributed by atoms with E-state index in [0.717, 1.165) is 10.8 Å². The fraction of sp³-hybridized carbons (Fsp3) is 0.333. The van der Waals surface area contributed by atoms with Gasteiger partial charge >= 0.3 is 0 Å². The van der Waals surface area contributed by atoms with Crippen molar-refractivity contribution in [3.05, 3.63) is 53.3 Å². The number of hydrogen-bond donors (Lipinski definition) is 2. The maximum Gasteiger partial charge on any atom is 0.199 e. The summed E-state index contributed by atoms with van der Waals surface area (Å²) in [6.07, 6.45) is 0.660. The number of aromatic nitrogens is 1. The number of ether oxygens (including phenoxy) is 2. The van der Waals surface area contributed by atoms with Crippen LogP contribution in [0.3, 0.4) is 0 Å². The zero-order valence-corrected chi connectivity index (χ0v) is 23.0. The molecule has 2 aromatic rings. The molecule has 0 aliphatic rings. The summed E-state index contributed by atoms with van der Waals surface area (Å²) in [5.41, 5.74) is 0.910. The van der Waals surface area contributed by atoms with Crippen LogP contribution in [0.5, 0.6) is 5.75 Å². The molecule has 0 fully saturated rings. The van der Waals surface area contributed by atoms with E-state index in [2.05, 4.69) is 45.1 Å². The van der Waals surface area contributed by atoms with Gasteiger partial charge in [-0.15, -0.1) is 10.2 Å². The van der Waals surface area contributed by atoms with Crippen molar-refractivity contribution in [2.75, 3.05) is 50.3 Å². The first-order valence-corrected chi connectivity index (χ1v) is 14.5. The van der Waals surface area contributed by atoms with E-state index in [9.17, 15) is 22.1 Å². The highest BCUT2D eigenvalue weighted by Gasteiger charge is 2.19. The van der Waals surface area contributed by atoms with Gasteiger partial charge in [-0.2, -0.15) is 5.26 Å². The van der Waals surface area contributed by atoms with Gasteiger partial charge in [0, 0.05) is 43.2 Å². The third-order valence-electron chi connectivity index (χ3n) is 5.23. The number of rotatable bonds is 15. The van der Waals surface area contributed by atoms with Crippen molar-refractivity contribution in [2.45, 2.75) is 18.2 Å². The highest BCUT2D eigenvalue weighted by molar-refractivity contribution is 7.94.